The van der Waals surface area contributed by atoms with E-state index in [1.54, 1.807) is 18.2 Å². The first-order valence-electron chi connectivity index (χ1n) is 7.61. The second kappa shape index (κ2) is 7.88. The van der Waals surface area contributed by atoms with E-state index in [1.807, 2.05) is 6.92 Å². The minimum absolute atomic E-state index is 0.00707. The number of nitrogens with one attached hydrogen (secondary N) is 2. The number of urea groups is 1. The van der Waals surface area contributed by atoms with Gasteiger partial charge in [-0.05, 0) is 56.4 Å². The molecule has 1 saturated carbocycles. The molecule has 1 fully saturated rings. The van der Waals surface area contributed by atoms with E-state index in [-0.39, 0.29) is 24.0 Å². The molecule has 0 unspecified atom stereocenters. The number of hydrogen-bond acceptors (Lipinski definition) is 2. The van der Waals surface area contributed by atoms with Crippen molar-refractivity contribution in [3.63, 3.8) is 0 Å². The summed E-state index contributed by atoms with van der Waals surface area (Å²) in [4.78, 5) is 23.0. The summed E-state index contributed by atoms with van der Waals surface area (Å²) < 4.78 is 0. The SMILES string of the molecule is C[C@@H](NC(=O)NC1CCC(C(=O)O)CC1)c1cc(Cl)ccc1Cl. The van der Waals surface area contributed by atoms with Crippen LogP contribution in [0.3, 0.4) is 0 Å². The second-order valence-corrected chi connectivity index (χ2v) is 6.74. The molecule has 0 bridgehead atoms. The van der Waals surface area contributed by atoms with E-state index in [0.717, 1.165) is 5.56 Å². The molecule has 7 heteroatoms. The summed E-state index contributed by atoms with van der Waals surface area (Å²) in [5.41, 5.74) is 0.754. The number of aliphatic carboxylic acids is 1. The van der Waals surface area contributed by atoms with Crippen molar-refractivity contribution in [2.75, 3.05) is 0 Å². The van der Waals surface area contributed by atoms with Gasteiger partial charge >= 0.3 is 12.0 Å². The predicted octanol–water partition coefficient (Wildman–Crippen LogP) is 4.00. The lowest BCUT2D eigenvalue weighted by atomic mass is 9.86. The van der Waals surface area contributed by atoms with Gasteiger partial charge in [-0.2, -0.15) is 0 Å². The predicted molar refractivity (Wildman–Crippen MR) is 89.9 cm³/mol. The number of amides is 2. The number of carbonyl (C=O) groups excluding carboxylic acids is 1. The quantitative estimate of drug-likeness (QED) is 0.760. The maximum Gasteiger partial charge on any atom is 0.315 e. The minimum atomic E-state index is -0.753. The Balaban J connectivity index is 1.85. The Morgan fingerprint density at radius 2 is 1.87 bits per heavy atom. The molecule has 2 amide bonds. The van der Waals surface area contributed by atoms with E-state index in [2.05, 4.69) is 10.6 Å². The van der Waals surface area contributed by atoms with Crippen LogP contribution < -0.4 is 10.6 Å². The van der Waals surface area contributed by atoms with Crippen molar-refractivity contribution >= 4 is 35.2 Å². The topological polar surface area (TPSA) is 78.4 Å². The van der Waals surface area contributed by atoms with Crippen LogP contribution in [0.4, 0.5) is 4.79 Å². The third-order valence-electron chi connectivity index (χ3n) is 4.18. The van der Waals surface area contributed by atoms with Gasteiger partial charge in [0.1, 0.15) is 0 Å². The van der Waals surface area contributed by atoms with Crippen LogP contribution in [0.15, 0.2) is 18.2 Å². The first kappa shape index (κ1) is 17.9. The highest BCUT2D eigenvalue weighted by Gasteiger charge is 2.27. The number of halogens is 2. The molecule has 0 aromatic heterocycles. The van der Waals surface area contributed by atoms with Gasteiger partial charge in [-0.3, -0.25) is 4.79 Å². The lowest BCUT2D eigenvalue weighted by molar-refractivity contribution is -0.142. The second-order valence-electron chi connectivity index (χ2n) is 5.89. The minimum Gasteiger partial charge on any atom is -0.481 e. The Labute approximate surface area is 145 Å². The number of carbonyl (C=O) groups is 2. The Morgan fingerprint density at radius 3 is 2.48 bits per heavy atom. The van der Waals surface area contributed by atoms with Gasteiger partial charge in [-0.15, -0.1) is 0 Å². The summed E-state index contributed by atoms with van der Waals surface area (Å²) >= 11 is 12.1. The standard InChI is InChI=1S/C16H20Cl2N2O3/c1-9(13-8-11(17)4-7-14(13)18)19-16(23)20-12-5-2-10(3-6-12)15(21)22/h4,7-10,12H,2-3,5-6H2,1H3,(H,21,22)(H2,19,20,23)/t9-,10?,12?/m1/s1. The molecular formula is C16H20Cl2N2O3. The highest BCUT2D eigenvalue weighted by atomic mass is 35.5. The molecule has 1 aromatic carbocycles. The molecule has 1 aliphatic carbocycles. The average molecular weight is 359 g/mol. The van der Waals surface area contributed by atoms with Gasteiger partial charge in [0.2, 0.25) is 0 Å². The van der Waals surface area contributed by atoms with Crippen LogP contribution in [0.2, 0.25) is 10.0 Å². The van der Waals surface area contributed by atoms with Crippen LogP contribution in [0.1, 0.15) is 44.2 Å². The maximum atomic E-state index is 12.1. The van der Waals surface area contributed by atoms with Crippen LogP contribution in [0.25, 0.3) is 0 Å². The highest BCUT2D eigenvalue weighted by Crippen LogP contribution is 2.27. The van der Waals surface area contributed by atoms with Crippen LogP contribution in [-0.2, 0) is 4.79 Å². The summed E-state index contributed by atoms with van der Waals surface area (Å²) in [7, 11) is 0. The fourth-order valence-electron chi connectivity index (χ4n) is 2.83. The first-order chi connectivity index (χ1) is 10.9. The summed E-state index contributed by atoms with van der Waals surface area (Å²) in [5.74, 6) is -1.04. The van der Waals surface area contributed by atoms with Crippen molar-refractivity contribution in [3.05, 3.63) is 33.8 Å². The highest BCUT2D eigenvalue weighted by molar-refractivity contribution is 6.33. The van der Waals surface area contributed by atoms with Gasteiger partial charge < -0.3 is 15.7 Å². The van der Waals surface area contributed by atoms with Crippen LogP contribution in [0, 0.1) is 5.92 Å². The summed E-state index contributed by atoms with van der Waals surface area (Å²) in [6.07, 6.45) is 2.54. The molecule has 0 heterocycles. The van der Waals surface area contributed by atoms with Crippen LogP contribution >= 0.6 is 23.2 Å². The van der Waals surface area contributed by atoms with Crippen LogP contribution in [-0.4, -0.2) is 23.1 Å². The summed E-state index contributed by atoms with van der Waals surface area (Å²) in [6, 6.07) is 4.56. The molecule has 0 aliphatic heterocycles. The van der Waals surface area contributed by atoms with E-state index in [1.165, 1.54) is 0 Å². The zero-order valence-corrected chi connectivity index (χ0v) is 14.3. The Morgan fingerprint density at radius 1 is 1.22 bits per heavy atom. The van der Waals surface area contributed by atoms with Crippen LogP contribution in [0.5, 0.6) is 0 Å². The first-order valence-corrected chi connectivity index (χ1v) is 8.37. The van der Waals surface area contributed by atoms with Crippen molar-refractivity contribution in [2.24, 2.45) is 5.92 Å². The Bertz CT molecular complexity index is 587. The zero-order valence-electron chi connectivity index (χ0n) is 12.8. The molecule has 0 saturated heterocycles. The van der Waals surface area contributed by atoms with Crippen molar-refractivity contribution < 1.29 is 14.7 Å². The van der Waals surface area contributed by atoms with Gasteiger partial charge in [0.05, 0.1) is 12.0 Å². The van der Waals surface area contributed by atoms with E-state index in [0.29, 0.717) is 35.7 Å². The third-order valence-corrected chi connectivity index (χ3v) is 4.76. The number of benzene rings is 1. The van der Waals surface area contributed by atoms with E-state index in [9.17, 15) is 9.59 Å². The molecule has 1 atom stereocenters. The number of carboxylic acid groups (broad SMARTS) is 1. The molecule has 2 rings (SSSR count). The Kier molecular flexibility index (Phi) is 6.13. The molecule has 23 heavy (non-hydrogen) atoms. The molecule has 126 valence electrons. The monoisotopic (exact) mass is 358 g/mol. The van der Waals surface area contributed by atoms with Crippen molar-refractivity contribution in [2.45, 2.75) is 44.7 Å². The largest absolute Gasteiger partial charge is 0.481 e. The lowest BCUT2D eigenvalue weighted by Gasteiger charge is -2.27. The molecule has 1 aliphatic rings. The third kappa shape index (κ3) is 5.01. The van der Waals surface area contributed by atoms with Gasteiger partial charge in [0.15, 0.2) is 0 Å². The fourth-order valence-corrected chi connectivity index (χ4v) is 3.29. The summed E-state index contributed by atoms with van der Waals surface area (Å²) in [5, 5.41) is 15.8. The number of carboxylic acids is 1. The number of hydrogen-bond donors (Lipinski definition) is 3. The summed E-state index contributed by atoms with van der Waals surface area (Å²) in [6.45, 7) is 1.83. The zero-order chi connectivity index (χ0) is 17.0. The molecule has 3 N–H and O–H groups in total. The molecular weight excluding hydrogens is 339 g/mol. The normalized spacial score (nSPS) is 22.2. The molecule has 0 radical (unpaired) electrons. The Hall–Kier alpha value is -1.46. The van der Waals surface area contributed by atoms with Gasteiger partial charge in [0, 0.05) is 16.1 Å². The van der Waals surface area contributed by atoms with Crippen molar-refractivity contribution in [3.8, 4) is 0 Å². The fraction of sp³-hybridized carbons (Fsp3) is 0.500. The van der Waals surface area contributed by atoms with Gasteiger partial charge in [-0.25, -0.2) is 4.79 Å². The maximum absolute atomic E-state index is 12.1. The lowest BCUT2D eigenvalue weighted by Crippen LogP contribution is -2.44. The molecule has 0 spiro atoms. The van der Waals surface area contributed by atoms with E-state index >= 15 is 0 Å². The van der Waals surface area contributed by atoms with Crippen molar-refractivity contribution in [1.82, 2.24) is 10.6 Å². The van der Waals surface area contributed by atoms with E-state index in [4.69, 9.17) is 28.3 Å². The van der Waals surface area contributed by atoms with Gasteiger partial charge in [0.25, 0.3) is 0 Å². The molecule has 1 aromatic rings. The average Bonchev–Trinajstić information content (AvgIpc) is 2.50. The van der Waals surface area contributed by atoms with Gasteiger partial charge in [-0.1, -0.05) is 23.2 Å². The van der Waals surface area contributed by atoms with E-state index < -0.39 is 5.97 Å². The smallest absolute Gasteiger partial charge is 0.315 e. The molecule has 5 nitrogen and oxygen atoms in total. The van der Waals surface area contributed by atoms with Crippen molar-refractivity contribution in [1.29, 1.82) is 0 Å². The number of rotatable bonds is 4.